The molecule has 4 N–H and O–H groups in total. The zero-order chi connectivity index (χ0) is 27.4. The van der Waals surface area contributed by atoms with Crippen molar-refractivity contribution in [2.24, 2.45) is 5.73 Å². The number of primary amides is 1. The summed E-state index contributed by atoms with van der Waals surface area (Å²) in [6.07, 6.45) is 2.56. The van der Waals surface area contributed by atoms with Gasteiger partial charge in [0.05, 0.1) is 12.2 Å². The van der Waals surface area contributed by atoms with Crippen molar-refractivity contribution < 1.29 is 18.4 Å². The van der Waals surface area contributed by atoms with Gasteiger partial charge >= 0.3 is 6.03 Å². The van der Waals surface area contributed by atoms with Gasteiger partial charge in [-0.2, -0.15) is 4.98 Å². The van der Waals surface area contributed by atoms with Crippen molar-refractivity contribution in [3.8, 4) is 11.3 Å². The van der Waals surface area contributed by atoms with E-state index in [4.69, 9.17) is 10.7 Å². The van der Waals surface area contributed by atoms with E-state index in [-0.39, 0.29) is 18.3 Å². The second-order valence-corrected chi connectivity index (χ2v) is 9.33. The van der Waals surface area contributed by atoms with Gasteiger partial charge in [0, 0.05) is 29.8 Å². The summed E-state index contributed by atoms with van der Waals surface area (Å²) >= 11 is 0. The van der Waals surface area contributed by atoms with Crippen LogP contribution in [0.3, 0.4) is 0 Å². The predicted molar refractivity (Wildman–Crippen MR) is 142 cm³/mol. The highest BCUT2D eigenvalue weighted by Gasteiger charge is 2.34. The van der Waals surface area contributed by atoms with Gasteiger partial charge in [-0.1, -0.05) is 25.5 Å². The van der Waals surface area contributed by atoms with Crippen molar-refractivity contribution in [3.05, 3.63) is 64.7 Å². The van der Waals surface area contributed by atoms with Crippen LogP contribution in [0.4, 0.5) is 31.0 Å². The van der Waals surface area contributed by atoms with Gasteiger partial charge in [0.2, 0.25) is 11.9 Å². The molecular formula is C27H31F2N7O2. The molecule has 11 heteroatoms. The normalized spacial score (nSPS) is 12.9. The third-order valence-corrected chi connectivity index (χ3v) is 6.27. The highest BCUT2D eigenvalue weighted by molar-refractivity contribution is 6.02. The Labute approximate surface area is 220 Å². The number of hydrogen-bond donors (Lipinski definition) is 3. The number of rotatable bonds is 10. The number of amides is 3. The topological polar surface area (TPSA) is 116 Å². The van der Waals surface area contributed by atoms with Crippen molar-refractivity contribution in [1.82, 2.24) is 20.2 Å². The van der Waals surface area contributed by atoms with Crippen LogP contribution >= 0.6 is 0 Å². The van der Waals surface area contributed by atoms with Gasteiger partial charge in [0.1, 0.15) is 17.3 Å². The summed E-state index contributed by atoms with van der Waals surface area (Å²) in [5.74, 6) is -2.17. The van der Waals surface area contributed by atoms with E-state index < -0.39 is 29.3 Å². The van der Waals surface area contributed by atoms with Crippen molar-refractivity contribution in [1.29, 1.82) is 0 Å². The average molecular weight is 524 g/mol. The highest BCUT2D eigenvalue weighted by atomic mass is 19.1. The number of likely N-dealkylation sites (N-methyl/N-ethyl adjacent to an activating group) is 1. The first-order chi connectivity index (χ1) is 18.2. The van der Waals surface area contributed by atoms with Crippen LogP contribution in [0.1, 0.15) is 41.3 Å². The maximum atomic E-state index is 14.9. The first-order valence-electron chi connectivity index (χ1n) is 12.5. The van der Waals surface area contributed by atoms with E-state index in [1.807, 2.05) is 25.1 Å². The number of benzene rings is 2. The summed E-state index contributed by atoms with van der Waals surface area (Å²) in [7, 11) is 3.84. The number of fused-ring (bicyclic) bond motifs is 1. The molecule has 0 saturated heterocycles. The van der Waals surface area contributed by atoms with Crippen molar-refractivity contribution >= 4 is 29.4 Å². The first-order valence-corrected chi connectivity index (χ1v) is 12.5. The third kappa shape index (κ3) is 5.57. The number of carbonyl (C=O) groups is 2. The monoisotopic (exact) mass is 523 g/mol. The standard InChI is InChI=1S/C27H31F2N7O2/c1-4-5-7-16-10-11-17(24(30)37)14-18(16)22-19-15-32-27(38)36(23-20(28)8-6-9-21(23)29)25(19)34-26(33-22)31-12-13-35(2)3/h6,8-11,14H,4-5,7,12-13,15H2,1-3H3,(H2,30,37)(H,32,38)(H,31,33,34). The molecule has 0 saturated carbocycles. The molecule has 0 aliphatic carbocycles. The minimum absolute atomic E-state index is 0.0298. The molecule has 1 aliphatic heterocycles. The molecule has 2 aromatic carbocycles. The van der Waals surface area contributed by atoms with Gasteiger partial charge < -0.3 is 21.3 Å². The summed E-state index contributed by atoms with van der Waals surface area (Å²) in [4.78, 5) is 37.2. The van der Waals surface area contributed by atoms with E-state index in [1.54, 1.807) is 12.1 Å². The Morgan fingerprint density at radius 1 is 1.18 bits per heavy atom. The Balaban J connectivity index is 1.97. The zero-order valence-corrected chi connectivity index (χ0v) is 21.6. The van der Waals surface area contributed by atoms with E-state index in [2.05, 4.69) is 22.5 Å². The second kappa shape index (κ2) is 11.5. The van der Waals surface area contributed by atoms with Gasteiger partial charge in [0.25, 0.3) is 0 Å². The number of halogens is 2. The van der Waals surface area contributed by atoms with Crippen LogP contribution in [0.25, 0.3) is 11.3 Å². The number of nitrogens with one attached hydrogen (secondary N) is 2. The van der Waals surface area contributed by atoms with E-state index in [1.165, 1.54) is 6.07 Å². The number of urea groups is 1. The molecule has 1 aromatic heterocycles. The average Bonchev–Trinajstić information content (AvgIpc) is 2.87. The predicted octanol–water partition coefficient (Wildman–Crippen LogP) is 4.20. The fraction of sp³-hybridized carbons (Fsp3) is 0.333. The van der Waals surface area contributed by atoms with E-state index in [0.29, 0.717) is 41.9 Å². The van der Waals surface area contributed by atoms with E-state index >= 15 is 0 Å². The van der Waals surface area contributed by atoms with Crippen LogP contribution in [-0.2, 0) is 13.0 Å². The maximum Gasteiger partial charge on any atom is 0.328 e. The summed E-state index contributed by atoms with van der Waals surface area (Å²) in [5, 5.41) is 5.83. The van der Waals surface area contributed by atoms with E-state index in [9.17, 15) is 18.4 Å². The number of aryl methyl sites for hydroxylation is 1. The summed E-state index contributed by atoms with van der Waals surface area (Å²) < 4.78 is 29.8. The molecule has 0 fully saturated rings. The Kier molecular flexibility index (Phi) is 8.16. The molecule has 2 heterocycles. The van der Waals surface area contributed by atoms with Crippen LogP contribution in [0.15, 0.2) is 36.4 Å². The summed E-state index contributed by atoms with van der Waals surface area (Å²) in [6.45, 7) is 3.26. The minimum atomic E-state index is -0.908. The van der Waals surface area contributed by atoms with Gasteiger partial charge in [-0.25, -0.2) is 23.5 Å². The van der Waals surface area contributed by atoms with Gasteiger partial charge in [-0.15, -0.1) is 0 Å². The molecule has 4 rings (SSSR count). The summed E-state index contributed by atoms with van der Waals surface area (Å²) in [5.41, 5.74) is 7.83. The van der Waals surface area contributed by atoms with E-state index in [0.717, 1.165) is 35.4 Å². The molecule has 9 nitrogen and oxygen atoms in total. The number of unbranched alkanes of at least 4 members (excludes halogenated alkanes) is 1. The number of nitrogens with two attached hydrogens (primary N) is 1. The third-order valence-electron chi connectivity index (χ3n) is 6.27. The van der Waals surface area contributed by atoms with Gasteiger partial charge in [-0.3, -0.25) is 4.79 Å². The molecule has 0 atom stereocenters. The summed E-state index contributed by atoms with van der Waals surface area (Å²) in [6, 6.07) is 7.85. The minimum Gasteiger partial charge on any atom is -0.366 e. The number of hydrogen-bond acceptors (Lipinski definition) is 6. The number of nitrogens with zero attached hydrogens (tertiary/aromatic N) is 4. The first kappa shape index (κ1) is 26.9. The molecule has 3 amide bonds. The molecular weight excluding hydrogens is 492 g/mol. The lowest BCUT2D eigenvalue weighted by Crippen LogP contribution is -2.43. The van der Waals surface area contributed by atoms with Crippen LogP contribution in [-0.4, -0.2) is 54.0 Å². The lowest BCUT2D eigenvalue weighted by atomic mass is 9.94. The molecule has 200 valence electrons. The Morgan fingerprint density at radius 2 is 1.92 bits per heavy atom. The lowest BCUT2D eigenvalue weighted by molar-refractivity contribution is 0.1000. The number of aromatic nitrogens is 2. The lowest BCUT2D eigenvalue weighted by Gasteiger charge is -2.31. The molecule has 0 radical (unpaired) electrons. The fourth-order valence-electron chi connectivity index (χ4n) is 4.30. The molecule has 3 aromatic rings. The van der Waals surface area contributed by atoms with Crippen molar-refractivity contribution in [2.75, 3.05) is 37.4 Å². The smallest absolute Gasteiger partial charge is 0.328 e. The van der Waals surface area contributed by atoms with Crippen LogP contribution in [0.5, 0.6) is 0 Å². The Morgan fingerprint density at radius 3 is 2.58 bits per heavy atom. The SMILES string of the molecule is CCCCc1ccc(C(N)=O)cc1-c1nc(NCCN(C)C)nc2c1CNC(=O)N2c1c(F)cccc1F. The molecule has 0 spiro atoms. The zero-order valence-electron chi connectivity index (χ0n) is 21.6. The van der Waals surface area contributed by atoms with Crippen LogP contribution in [0.2, 0.25) is 0 Å². The Bertz CT molecular complexity index is 1340. The van der Waals surface area contributed by atoms with Crippen molar-refractivity contribution in [2.45, 2.75) is 32.7 Å². The largest absolute Gasteiger partial charge is 0.366 e. The Hall–Kier alpha value is -4.12. The highest BCUT2D eigenvalue weighted by Crippen LogP contribution is 2.39. The molecule has 0 bridgehead atoms. The van der Waals surface area contributed by atoms with Crippen molar-refractivity contribution in [3.63, 3.8) is 0 Å². The molecule has 1 aliphatic rings. The number of carbonyl (C=O) groups excluding carboxylic acids is 2. The van der Waals surface area contributed by atoms with Gasteiger partial charge in [0.15, 0.2) is 5.82 Å². The van der Waals surface area contributed by atoms with Crippen LogP contribution < -0.4 is 21.3 Å². The second-order valence-electron chi connectivity index (χ2n) is 9.33. The number of para-hydroxylation sites is 1. The fourth-order valence-corrected chi connectivity index (χ4v) is 4.30. The molecule has 38 heavy (non-hydrogen) atoms. The maximum absolute atomic E-state index is 14.9. The number of anilines is 3. The van der Waals surface area contributed by atoms with Crippen LogP contribution in [0, 0.1) is 11.6 Å². The molecule has 0 unspecified atom stereocenters. The quantitative estimate of drug-likeness (QED) is 0.367. The van der Waals surface area contributed by atoms with Gasteiger partial charge in [-0.05, 0) is 56.8 Å².